The number of rotatable bonds is 3. The Labute approximate surface area is 116 Å². The quantitative estimate of drug-likeness (QED) is 0.928. The summed E-state index contributed by atoms with van der Waals surface area (Å²) in [5.41, 5.74) is 2.30. The molecule has 1 aromatic rings. The van der Waals surface area contributed by atoms with Gasteiger partial charge in [0.25, 0.3) is 10.0 Å². The second-order valence-corrected chi connectivity index (χ2v) is 7.88. The van der Waals surface area contributed by atoms with E-state index in [4.69, 9.17) is 0 Å². The minimum absolute atomic E-state index is 0.129. The molecule has 0 radical (unpaired) electrons. The van der Waals surface area contributed by atoms with Gasteiger partial charge in [-0.2, -0.15) is 0 Å². The third-order valence-corrected chi connectivity index (χ3v) is 4.76. The standard InChI is InChI=1S/C14H24N2O2S/c1-9(2)12-8-15-13(11(4)10(12)3)19(17,18)16-14(5,6)7/h8-9,16H,1-7H3. The van der Waals surface area contributed by atoms with Crippen LogP contribution in [-0.2, 0) is 10.0 Å². The average Bonchev–Trinajstić information content (AvgIpc) is 2.17. The van der Waals surface area contributed by atoms with E-state index >= 15 is 0 Å². The molecule has 1 rings (SSSR count). The molecule has 0 saturated heterocycles. The van der Waals surface area contributed by atoms with Gasteiger partial charge < -0.3 is 0 Å². The van der Waals surface area contributed by atoms with E-state index in [-0.39, 0.29) is 5.03 Å². The van der Waals surface area contributed by atoms with E-state index in [1.54, 1.807) is 6.20 Å². The van der Waals surface area contributed by atoms with Crippen LogP contribution in [-0.4, -0.2) is 18.9 Å². The van der Waals surface area contributed by atoms with E-state index in [1.165, 1.54) is 0 Å². The van der Waals surface area contributed by atoms with Crippen molar-refractivity contribution in [3.05, 3.63) is 22.9 Å². The van der Waals surface area contributed by atoms with E-state index in [1.807, 2.05) is 34.6 Å². The molecule has 0 aromatic carbocycles. The van der Waals surface area contributed by atoms with Crippen molar-refractivity contribution in [1.82, 2.24) is 9.71 Å². The van der Waals surface area contributed by atoms with Gasteiger partial charge in [-0.1, -0.05) is 13.8 Å². The molecule has 0 spiro atoms. The number of pyridine rings is 1. The van der Waals surface area contributed by atoms with Crippen molar-refractivity contribution >= 4 is 10.0 Å². The maximum absolute atomic E-state index is 12.3. The summed E-state index contributed by atoms with van der Waals surface area (Å²) in [6.45, 7) is 13.4. The molecule has 0 aliphatic rings. The van der Waals surface area contributed by atoms with E-state index in [9.17, 15) is 8.42 Å². The van der Waals surface area contributed by atoms with E-state index in [0.29, 0.717) is 5.92 Å². The molecule has 1 aromatic heterocycles. The number of hydrogen-bond donors (Lipinski definition) is 1. The highest BCUT2D eigenvalue weighted by atomic mass is 32.2. The van der Waals surface area contributed by atoms with Crippen LogP contribution in [0.2, 0.25) is 0 Å². The van der Waals surface area contributed by atoms with Gasteiger partial charge in [-0.15, -0.1) is 0 Å². The molecule has 5 heteroatoms. The lowest BCUT2D eigenvalue weighted by molar-refractivity contribution is 0.489. The lowest BCUT2D eigenvalue weighted by Gasteiger charge is -2.22. The average molecular weight is 284 g/mol. The monoisotopic (exact) mass is 284 g/mol. The maximum atomic E-state index is 12.3. The first-order valence-corrected chi connectivity index (χ1v) is 7.94. The van der Waals surface area contributed by atoms with Crippen molar-refractivity contribution in [2.75, 3.05) is 0 Å². The number of nitrogens with zero attached hydrogens (tertiary/aromatic N) is 1. The minimum Gasteiger partial charge on any atom is -0.243 e. The normalized spacial score (nSPS) is 13.1. The molecule has 0 bridgehead atoms. The fourth-order valence-electron chi connectivity index (χ4n) is 2.00. The SMILES string of the molecule is Cc1c(C(C)C)cnc(S(=O)(=O)NC(C)(C)C)c1C. The summed E-state index contributed by atoms with van der Waals surface area (Å²) in [6, 6.07) is 0. The zero-order valence-electron chi connectivity index (χ0n) is 12.8. The van der Waals surface area contributed by atoms with Crippen LogP contribution in [0, 0.1) is 13.8 Å². The predicted molar refractivity (Wildman–Crippen MR) is 77.9 cm³/mol. The number of nitrogens with one attached hydrogen (secondary N) is 1. The Morgan fingerprint density at radius 3 is 2.11 bits per heavy atom. The smallest absolute Gasteiger partial charge is 0.243 e. The highest BCUT2D eigenvalue weighted by Crippen LogP contribution is 2.25. The van der Waals surface area contributed by atoms with Gasteiger partial charge in [0, 0.05) is 11.7 Å². The van der Waals surface area contributed by atoms with Crippen LogP contribution in [0.15, 0.2) is 11.2 Å². The van der Waals surface area contributed by atoms with Crippen LogP contribution < -0.4 is 4.72 Å². The van der Waals surface area contributed by atoms with Crippen molar-refractivity contribution in [3.8, 4) is 0 Å². The summed E-state index contributed by atoms with van der Waals surface area (Å²) in [4.78, 5) is 4.17. The Bertz CT molecular complexity index is 570. The Hall–Kier alpha value is -0.940. The molecular formula is C14H24N2O2S. The van der Waals surface area contributed by atoms with Crippen molar-refractivity contribution in [2.45, 2.75) is 64.9 Å². The predicted octanol–water partition coefficient (Wildman–Crippen LogP) is 2.90. The number of sulfonamides is 1. The number of hydrogen-bond acceptors (Lipinski definition) is 3. The summed E-state index contributed by atoms with van der Waals surface area (Å²) in [5, 5.41) is 0.129. The van der Waals surface area contributed by atoms with E-state index in [0.717, 1.165) is 16.7 Å². The van der Waals surface area contributed by atoms with E-state index < -0.39 is 15.6 Å². The fraction of sp³-hybridized carbons (Fsp3) is 0.643. The second-order valence-electron chi connectivity index (χ2n) is 6.28. The molecule has 0 amide bonds. The molecule has 0 unspecified atom stereocenters. The van der Waals surface area contributed by atoms with Gasteiger partial charge in [0.2, 0.25) is 0 Å². The summed E-state index contributed by atoms with van der Waals surface area (Å²) >= 11 is 0. The van der Waals surface area contributed by atoms with Crippen molar-refractivity contribution in [2.24, 2.45) is 0 Å². The van der Waals surface area contributed by atoms with Gasteiger partial charge in [-0.3, -0.25) is 0 Å². The van der Waals surface area contributed by atoms with Crippen molar-refractivity contribution in [1.29, 1.82) is 0 Å². The molecule has 1 N–H and O–H groups in total. The van der Waals surface area contributed by atoms with Gasteiger partial charge in [0.1, 0.15) is 0 Å². The first-order chi connectivity index (χ1) is 8.46. The van der Waals surface area contributed by atoms with Crippen LogP contribution in [0.3, 0.4) is 0 Å². The minimum atomic E-state index is -3.57. The van der Waals surface area contributed by atoms with Crippen LogP contribution in [0.4, 0.5) is 0 Å². The van der Waals surface area contributed by atoms with Crippen LogP contribution in [0.1, 0.15) is 57.2 Å². The van der Waals surface area contributed by atoms with Gasteiger partial charge >= 0.3 is 0 Å². The largest absolute Gasteiger partial charge is 0.258 e. The summed E-state index contributed by atoms with van der Waals surface area (Å²) in [5.74, 6) is 0.332. The molecule has 0 atom stereocenters. The first-order valence-electron chi connectivity index (χ1n) is 6.46. The molecule has 0 aliphatic carbocycles. The molecule has 108 valence electrons. The first kappa shape index (κ1) is 16.1. The zero-order chi connectivity index (χ0) is 15.0. The highest BCUT2D eigenvalue weighted by molar-refractivity contribution is 7.89. The Kier molecular flexibility index (Phi) is 4.42. The maximum Gasteiger partial charge on any atom is 0.258 e. The Balaban J connectivity index is 3.35. The second kappa shape index (κ2) is 5.21. The van der Waals surface area contributed by atoms with Crippen LogP contribution >= 0.6 is 0 Å². The Morgan fingerprint density at radius 2 is 1.68 bits per heavy atom. The third-order valence-electron chi connectivity index (χ3n) is 2.95. The molecule has 1 heterocycles. The number of aromatic nitrogens is 1. The molecule has 19 heavy (non-hydrogen) atoms. The van der Waals surface area contributed by atoms with Crippen LogP contribution in [0.25, 0.3) is 0 Å². The molecule has 4 nitrogen and oxygen atoms in total. The molecule has 0 fully saturated rings. The van der Waals surface area contributed by atoms with Gasteiger partial charge in [0.05, 0.1) is 0 Å². The van der Waals surface area contributed by atoms with Gasteiger partial charge in [-0.25, -0.2) is 18.1 Å². The van der Waals surface area contributed by atoms with E-state index in [2.05, 4.69) is 23.6 Å². The zero-order valence-corrected chi connectivity index (χ0v) is 13.6. The summed E-state index contributed by atoms with van der Waals surface area (Å²) < 4.78 is 27.3. The van der Waals surface area contributed by atoms with Crippen molar-refractivity contribution < 1.29 is 8.42 Å². The van der Waals surface area contributed by atoms with Crippen molar-refractivity contribution in [3.63, 3.8) is 0 Å². The fourth-order valence-corrected chi connectivity index (χ4v) is 3.65. The lowest BCUT2D eigenvalue weighted by atomic mass is 9.98. The third kappa shape index (κ3) is 3.76. The van der Waals surface area contributed by atoms with Crippen LogP contribution in [0.5, 0.6) is 0 Å². The molecule has 0 saturated carbocycles. The summed E-state index contributed by atoms with van der Waals surface area (Å²) in [7, 11) is -3.57. The van der Waals surface area contributed by atoms with Gasteiger partial charge in [0.15, 0.2) is 5.03 Å². The lowest BCUT2D eigenvalue weighted by Crippen LogP contribution is -2.41. The topological polar surface area (TPSA) is 59.1 Å². The molecule has 0 aliphatic heterocycles. The van der Waals surface area contributed by atoms with Gasteiger partial charge in [-0.05, 0) is 57.2 Å². The summed E-state index contributed by atoms with van der Waals surface area (Å²) in [6.07, 6.45) is 1.67. The Morgan fingerprint density at radius 1 is 1.16 bits per heavy atom. The molecular weight excluding hydrogens is 260 g/mol. The highest BCUT2D eigenvalue weighted by Gasteiger charge is 2.26.